The molecule has 0 bridgehead atoms. The molecule has 0 aromatic carbocycles. The molecule has 1 atom stereocenters. The Morgan fingerprint density at radius 1 is 1.60 bits per heavy atom. The zero-order valence-corrected chi connectivity index (χ0v) is 9.87. The standard InChI is InChI=1S/C10H13BrN2O2/c11-8-4-13(5-9(12)10(8)14)3-7-1-2-15-6-7/h4-5,7H,1-3,6,12H2. The minimum atomic E-state index is -0.145. The van der Waals surface area contributed by atoms with Gasteiger partial charge in [0, 0.05) is 31.5 Å². The van der Waals surface area contributed by atoms with Gasteiger partial charge in [0.05, 0.1) is 16.8 Å². The number of nitrogens with zero attached hydrogens (tertiary/aromatic N) is 1. The second-order valence-electron chi connectivity index (χ2n) is 3.82. The third-order valence-corrected chi connectivity index (χ3v) is 3.12. The van der Waals surface area contributed by atoms with E-state index in [1.165, 1.54) is 0 Å². The Labute approximate surface area is 96.2 Å². The van der Waals surface area contributed by atoms with Crippen molar-refractivity contribution in [2.45, 2.75) is 13.0 Å². The van der Waals surface area contributed by atoms with Gasteiger partial charge in [0.2, 0.25) is 5.43 Å². The molecule has 0 spiro atoms. The molecule has 15 heavy (non-hydrogen) atoms. The Morgan fingerprint density at radius 2 is 2.40 bits per heavy atom. The first kappa shape index (κ1) is 10.7. The Kier molecular flexibility index (Phi) is 3.11. The third kappa shape index (κ3) is 2.41. The lowest BCUT2D eigenvalue weighted by molar-refractivity contribution is 0.182. The Morgan fingerprint density at radius 3 is 3.00 bits per heavy atom. The predicted molar refractivity (Wildman–Crippen MR) is 61.7 cm³/mol. The van der Waals surface area contributed by atoms with E-state index in [0.29, 0.717) is 10.4 Å². The minimum Gasteiger partial charge on any atom is -0.394 e. The van der Waals surface area contributed by atoms with Gasteiger partial charge >= 0.3 is 0 Å². The van der Waals surface area contributed by atoms with Crippen LogP contribution in [0.25, 0.3) is 0 Å². The maximum atomic E-state index is 11.3. The van der Waals surface area contributed by atoms with Gasteiger partial charge in [-0.15, -0.1) is 0 Å². The van der Waals surface area contributed by atoms with Crippen molar-refractivity contribution >= 4 is 21.6 Å². The summed E-state index contributed by atoms with van der Waals surface area (Å²) in [5.41, 5.74) is 5.74. The normalized spacial score (nSPS) is 20.7. The van der Waals surface area contributed by atoms with Crippen LogP contribution in [0.5, 0.6) is 0 Å². The molecule has 1 aliphatic rings. The molecule has 1 fully saturated rings. The fraction of sp³-hybridized carbons (Fsp3) is 0.500. The van der Waals surface area contributed by atoms with Gasteiger partial charge in [-0.1, -0.05) is 0 Å². The molecule has 1 unspecified atom stereocenters. The van der Waals surface area contributed by atoms with Gasteiger partial charge in [0.15, 0.2) is 0 Å². The van der Waals surface area contributed by atoms with E-state index >= 15 is 0 Å². The van der Waals surface area contributed by atoms with E-state index in [0.717, 1.165) is 26.2 Å². The fourth-order valence-corrected chi connectivity index (χ4v) is 2.24. The van der Waals surface area contributed by atoms with Crippen molar-refractivity contribution in [1.29, 1.82) is 0 Å². The highest BCUT2D eigenvalue weighted by Crippen LogP contribution is 2.16. The van der Waals surface area contributed by atoms with Gasteiger partial charge in [0.1, 0.15) is 0 Å². The molecular formula is C10H13BrN2O2. The van der Waals surface area contributed by atoms with Crippen LogP contribution < -0.4 is 11.2 Å². The average Bonchev–Trinajstić information content (AvgIpc) is 2.66. The Bertz CT molecular complexity index is 384. The molecule has 0 aliphatic carbocycles. The lowest BCUT2D eigenvalue weighted by atomic mass is 10.1. The summed E-state index contributed by atoms with van der Waals surface area (Å²) in [7, 11) is 0. The van der Waals surface area contributed by atoms with E-state index in [-0.39, 0.29) is 11.1 Å². The van der Waals surface area contributed by atoms with Crippen LogP contribution >= 0.6 is 15.9 Å². The third-order valence-electron chi connectivity index (χ3n) is 2.56. The SMILES string of the molecule is Nc1cn(CC2CCOC2)cc(Br)c1=O. The van der Waals surface area contributed by atoms with Crippen LogP contribution in [-0.4, -0.2) is 17.8 Å². The van der Waals surface area contributed by atoms with Crippen molar-refractivity contribution < 1.29 is 4.74 Å². The fourth-order valence-electron chi connectivity index (χ4n) is 1.75. The Balaban J connectivity index is 2.18. The zero-order valence-electron chi connectivity index (χ0n) is 8.28. The van der Waals surface area contributed by atoms with Gasteiger partial charge < -0.3 is 15.0 Å². The van der Waals surface area contributed by atoms with Crippen molar-refractivity contribution in [1.82, 2.24) is 4.57 Å². The van der Waals surface area contributed by atoms with E-state index in [4.69, 9.17) is 10.5 Å². The van der Waals surface area contributed by atoms with Crippen molar-refractivity contribution in [3.63, 3.8) is 0 Å². The van der Waals surface area contributed by atoms with Crippen LogP contribution in [0.3, 0.4) is 0 Å². The van der Waals surface area contributed by atoms with E-state index in [9.17, 15) is 4.79 Å². The largest absolute Gasteiger partial charge is 0.394 e. The van der Waals surface area contributed by atoms with Crippen LogP contribution in [0.15, 0.2) is 21.7 Å². The molecule has 2 heterocycles. The summed E-state index contributed by atoms with van der Waals surface area (Å²) in [6.45, 7) is 2.48. The van der Waals surface area contributed by atoms with Crippen molar-refractivity contribution in [3.05, 3.63) is 27.1 Å². The van der Waals surface area contributed by atoms with E-state index in [2.05, 4.69) is 15.9 Å². The number of halogens is 1. The first-order valence-electron chi connectivity index (χ1n) is 4.89. The van der Waals surface area contributed by atoms with Crippen LogP contribution in [0.4, 0.5) is 5.69 Å². The number of nitrogen functional groups attached to an aromatic ring is 1. The molecule has 2 N–H and O–H groups in total. The summed E-state index contributed by atoms with van der Waals surface area (Å²) in [4.78, 5) is 11.3. The summed E-state index contributed by atoms with van der Waals surface area (Å²) in [5, 5.41) is 0. The predicted octanol–water partition coefficient (Wildman–Crippen LogP) is 1.23. The van der Waals surface area contributed by atoms with Crippen LogP contribution in [-0.2, 0) is 11.3 Å². The Hall–Kier alpha value is -0.810. The van der Waals surface area contributed by atoms with Crippen molar-refractivity contribution in [2.24, 2.45) is 5.92 Å². The maximum Gasteiger partial charge on any atom is 0.218 e. The minimum absolute atomic E-state index is 0.145. The van der Waals surface area contributed by atoms with Gasteiger partial charge in [-0.3, -0.25) is 4.79 Å². The van der Waals surface area contributed by atoms with E-state index in [1.807, 2.05) is 4.57 Å². The molecule has 5 heteroatoms. The molecule has 4 nitrogen and oxygen atoms in total. The van der Waals surface area contributed by atoms with Crippen LogP contribution in [0.2, 0.25) is 0 Å². The lowest BCUT2D eigenvalue weighted by Crippen LogP contribution is -2.16. The number of pyridine rings is 1. The van der Waals surface area contributed by atoms with Gasteiger partial charge in [-0.25, -0.2) is 0 Å². The molecular weight excluding hydrogens is 260 g/mol. The molecule has 0 saturated carbocycles. The van der Waals surface area contributed by atoms with Crippen molar-refractivity contribution in [2.75, 3.05) is 18.9 Å². The van der Waals surface area contributed by atoms with E-state index < -0.39 is 0 Å². The molecule has 0 amide bonds. The number of hydrogen-bond acceptors (Lipinski definition) is 3. The number of anilines is 1. The summed E-state index contributed by atoms with van der Waals surface area (Å²) in [6.07, 6.45) is 4.53. The highest BCUT2D eigenvalue weighted by molar-refractivity contribution is 9.10. The second kappa shape index (κ2) is 4.37. The maximum absolute atomic E-state index is 11.3. The summed E-state index contributed by atoms with van der Waals surface area (Å²) >= 11 is 3.20. The molecule has 1 aromatic heterocycles. The second-order valence-corrected chi connectivity index (χ2v) is 4.67. The molecule has 82 valence electrons. The van der Waals surface area contributed by atoms with E-state index in [1.54, 1.807) is 12.4 Å². The monoisotopic (exact) mass is 272 g/mol. The summed E-state index contributed by atoms with van der Waals surface area (Å²) in [6, 6.07) is 0. The van der Waals surface area contributed by atoms with Gasteiger partial charge in [-0.2, -0.15) is 0 Å². The van der Waals surface area contributed by atoms with Gasteiger partial charge in [0.25, 0.3) is 0 Å². The number of aromatic nitrogens is 1. The smallest absolute Gasteiger partial charge is 0.218 e. The molecule has 1 aromatic rings. The van der Waals surface area contributed by atoms with Crippen LogP contribution in [0.1, 0.15) is 6.42 Å². The molecule has 1 aliphatic heterocycles. The topological polar surface area (TPSA) is 57.2 Å². The summed E-state index contributed by atoms with van der Waals surface area (Å²) < 4.78 is 7.76. The highest BCUT2D eigenvalue weighted by atomic mass is 79.9. The molecule has 1 saturated heterocycles. The lowest BCUT2D eigenvalue weighted by Gasteiger charge is -2.12. The summed E-state index contributed by atoms with van der Waals surface area (Å²) in [5.74, 6) is 0.527. The highest BCUT2D eigenvalue weighted by Gasteiger charge is 2.16. The van der Waals surface area contributed by atoms with Crippen LogP contribution in [0, 0.1) is 5.92 Å². The molecule has 2 rings (SSSR count). The van der Waals surface area contributed by atoms with Crippen molar-refractivity contribution in [3.8, 4) is 0 Å². The number of nitrogens with two attached hydrogens (primary N) is 1. The average molecular weight is 273 g/mol. The first-order chi connectivity index (χ1) is 7.16. The van der Waals surface area contributed by atoms with Gasteiger partial charge in [-0.05, 0) is 22.4 Å². The first-order valence-corrected chi connectivity index (χ1v) is 5.69. The number of hydrogen-bond donors (Lipinski definition) is 1. The number of ether oxygens (including phenoxy) is 1. The zero-order chi connectivity index (χ0) is 10.8. The molecule has 0 radical (unpaired) electrons. The quantitative estimate of drug-likeness (QED) is 0.881. The number of rotatable bonds is 2.